The third kappa shape index (κ3) is 1.43. The molecule has 0 aromatic carbocycles. The van der Waals surface area contributed by atoms with E-state index in [-0.39, 0.29) is 24.4 Å². The second-order valence-corrected chi connectivity index (χ2v) is 2.54. The number of Topliss-reactive ketones (excluding diaryl/α,β-unsaturated/α-hetero) is 2. The average molecular weight is 142 g/mol. The van der Waals surface area contributed by atoms with Gasteiger partial charge in [0.1, 0.15) is 11.6 Å². The van der Waals surface area contributed by atoms with Crippen LogP contribution in [0.1, 0.15) is 35.3 Å². The molecule has 1 saturated carbocycles. The van der Waals surface area contributed by atoms with Gasteiger partial charge in [-0.1, -0.05) is 6.40 Å². The molecule has 0 spiro atoms. The van der Waals surface area contributed by atoms with Crippen LogP contribution in [0.5, 0.6) is 0 Å². The van der Waals surface area contributed by atoms with Gasteiger partial charge in [-0.3, -0.25) is 9.59 Å². The minimum Gasteiger partial charge on any atom is -0.299 e. The molecule has 0 aromatic heterocycles. The summed E-state index contributed by atoms with van der Waals surface area (Å²) in [6.45, 7) is 1.37. The van der Waals surface area contributed by atoms with Gasteiger partial charge in [-0.05, 0) is 19.7 Å². The van der Waals surface area contributed by atoms with Crippen molar-refractivity contribution < 1.29 is 12.3 Å². The predicted octanol–water partition coefficient (Wildman–Crippen LogP) is 1.33. The minimum atomic E-state index is -0.631. The average Bonchev–Trinajstić information content (AvgIpc) is 1.96. The fourth-order valence-corrected chi connectivity index (χ4v) is 1.10. The summed E-state index contributed by atoms with van der Waals surface area (Å²) in [5.41, 5.74) is 0. The summed E-state index contributed by atoms with van der Waals surface area (Å²) in [7, 11) is 0. The quantitative estimate of drug-likeness (QED) is 0.518. The minimum absolute atomic E-state index is 0.0679. The summed E-state index contributed by atoms with van der Waals surface area (Å²) in [5.74, 6) is -0.927. The molecule has 0 heterocycles. The van der Waals surface area contributed by atoms with Crippen molar-refractivity contribution in [2.75, 3.05) is 0 Å². The van der Waals surface area contributed by atoms with Crippen LogP contribution in [0.25, 0.3) is 0 Å². The third-order valence-corrected chi connectivity index (χ3v) is 1.74. The normalized spacial score (nSPS) is 44.1. The Morgan fingerprint density at radius 3 is 3.00 bits per heavy atom. The van der Waals surface area contributed by atoms with Crippen molar-refractivity contribution in [3.63, 3.8) is 0 Å². The molecule has 3 atom stereocenters. The number of hydrogen-bond acceptors (Lipinski definition) is 2. The molecule has 1 aliphatic rings. The van der Waals surface area contributed by atoms with E-state index in [0.29, 0.717) is 0 Å². The van der Waals surface area contributed by atoms with E-state index in [4.69, 9.17) is 2.74 Å². The highest BCUT2D eigenvalue weighted by atomic mass is 16.1. The second-order valence-electron chi connectivity index (χ2n) is 2.54. The lowest BCUT2D eigenvalue weighted by molar-refractivity contribution is -0.133. The zero-order valence-corrected chi connectivity index (χ0v) is 5.96. The van der Waals surface area contributed by atoms with E-state index in [2.05, 4.69) is 0 Å². The van der Waals surface area contributed by atoms with Crippen LogP contribution in [0.4, 0.5) is 0 Å². The molecule has 2 heteroatoms. The molecule has 0 N–H and O–H groups in total. The maximum atomic E-state index is 11.2. The van der Waals surface area contributed by atoms with Crippen LogP contribution in [-0.2, 0) is 9.59 Å². The van der Waals surface area contributed by atoms with Crippen molar-refractivity contribution in [1.82, 2.24) is 0 Å². The summed E-state index contributed by atoms with van der Waals surface area (Å²) in [6, 6.07) is 0. The lowest BCUT2D eigenvalue weighted by atomic mass is 9.86. The van der Waals surface area contributed by atoms with Gasteiger partial charge in [0.25, 0.3) is 0 Å². The molecule has 2 nitrogen and oxygen atoms in total. The number of carbonyl (C=O) groups excluding carboxylic acids is 2. The second kappa shape index (κ2) is 2.95. The van der Waals surface area contributed by atoms with Crippen LogP contribution in [0, 0.1) is 5.92 Å². The van der Waals surface area contributed by atoms with Gasteiger partial charge in [0.15, 0.2) is 0 Å². The molecule has 0 aliphatic heterocycles. The Kier molecular flexibility index (Phi) is 1.49. The first-order valence-corrected chi connectivity index (χ1v) is 3.40. The molecule has 0 radical (unpaired) electrons. The Labute approximate surface area is 63.4 Å². The number of ketones is 2. The Morgan fingerprint density at radius 2 is 2.40 bits per heavy atom. The number of rotatable bonds is 1. The highest BCUT2D eigenvalue weighted by Crippen LogP contribution is 2.20. The predicted molar refractivity (Wildman–Crippen MR) is 37.6 cm³/mol. The zero-order chi connectivity index (χ0) is 9.30. The molecule has 1 aliphatic carbocycles. The topological polar surface area (TPSA) is 34.1 Å². The fourth-order valence-electron chi connectivity index (χ4n) is 1.10. The highest BCUT2D eigenvalue weighted by Gasteiger charge is 2.25. The van der Waals surface area contributed by atoms with Gasteiger partial charge in [-0.15, -0.1) is 0 Å². The molecule has 1 fully saturated rings. The molecule has 10 heavy (non-hydrogen) atoms. The molecule has 0 amide bonds. The van der Waals surface area contributed by atoms with Gasteiger partial charge in [0.2, 0.25) is 0 Å². The van der Waals surface area contributed by atoms with E-state index in [1.807, 2.05) is 0 Å². The summed E-state index contributed by atoms with van der Waals surface area (Å²) >= 11 is 0. The summed E-state index contributed by atoms with van der Waals surface area (Å²) in [4.78, 5) is 22.1. The third-order valence-electron chi connectivity index (χ3n) is 1.74. The van der Waals surface area contributed by atoms with Crippen molar-refractivity contribution in [3.05, 3.63) is 0 Å². The lowest BCUT2D eigenvalue weighted by Crippen LogP contribution is -2.24. The molecule has 0 saturated heterocycles. The molecule has 56 valence electrons. The van der Waals surface area contributed by atoms with Gasteiger partial charge in [0, 0.05) is 9.16 Å². The van der Waals surface area contributed by atoms with Crippen LogP contribution in [0.2, 0.25) is 0 Å². The zero-order valence-electron chi connectivity index (χ0n) is 7.96. The van der Waals surface area contributed by atoms with Gasteiger partial charge < -0.3 is 0 Å². The lowest BCUT2D eigenvalue weighted by Gasteiger charge is -2.16. The van der Waals surface area contributed by atoms with Crippen molar-refractivity contribution >= 4 is 11.6 Å². The number of hydrogen-bond donors (Lipinski definition) is 0. The maximum absolute atomic E-state index is 11.2. The SMILES string of the molecule is [2H][C@@H]1CC(=O)C(C(C)=O)C[C@H]1[2H]. The van der Waals surface area contributed by atoms with Crippen LogP contribution < -0.4 is 0 Å². The van der Waals surface area contributed by atoms with Crippen LogP contribution in [-0.4, -0.2) is 11.6 Å². The maximum Gasteiger partial charge on any atom is 0.143 e. The van der Waals surface area contributed by atoms with E-state index < -0.39 is 18.7 Å². The highest BCUT2D eigenvalue weighted by molar-refractivity contribution is 6.01. The van der Waals surface area contributed by atoms with Crippen molar-refractivity contribution in [2.45, 2.75) is 32.6 Å². The first kappa shape index (κ1) is 5.05. The van der Waals surface area contributed by atoms with Crippen molar-refractivity contribution in [1.29, 1.82) is 0 Å². The first-order valence-electron chi connectivity index (χ1n) is 4.55. The molecule has 1 rings (SSSR count). The van der Waals surface area contributed by atoms with Gasteiger partial charge in [-0.2, -0.15) is 0 Å². The van der Waals surface area contributed by atoms with Gasteiger partial charge >= 0.3 is 0 Å². The Morgan fingerprint density at radius 1 is 1.70 bits per heavy atom. The van der Waals surface area contributed by atoms with E-state index in [0.717, 1.165) is 0 Å². The molecule has 1 unspecified atom stereocenters. The smallest absolute Gasteiger partial charge is 0.143 e. The standard InChI is InChI=1S/C8H12O2/c1-6(9)7-4-2-3-5-8(7)10/h7H,2-5H2,1H3/i2D,3D/t2-,3-,7?/m0/s1. The van der Waals surface area contributed by atoms with E-state index in [9.17, 15) is 9.59 Å². The fraction of sp³-hybridized carbons (Fsp3) is 0.750. The van der Waals surface area contributed by atoms with Crippen molar-refractivity contribution in [2.24, 2.45) is 5.92 Å². The molecular formula is C8H12O2. The first-order chi connectivity index (χ1) is 5.52. The Hall–Kier alpha value is -0.660. The molecular weight excluding hydrogens is 128 g/mol. The van der Waals surface area contributed by atoms with Gasteiger partial charge in [0.05, 0.1) is 5.92 Å². The van der Waals surface area contributed by atoms with Crippen LogP contribution in [0.15, 0.2) is 0 Å². The van der Waals surface area contributed by atoms with E-state index in [1.165, 1.54) is 6.92 Å². The Balaban J connectivity index is 2.68. The summed E-state index contributed by atoms with van der Waals surface area (Å²) < 4.78 is 14.7. The monoisotopic (exact) mass is 142 g/mol. The Bertz CT molecular complexity index is 215. The summed E-state index contributed by atoms with van der Waals surface area (Å²) in [5, 5.41) is 0. The van der Waals surface area contributed by atoms with E-state index >= 15 is 0 Å². The van der Waals surface area contributed by atoms with Gasteiger partial charge in [-0.25, -0.2) is 0 Å². The van der Waals surface area contributed by atoms with E-state index in [1.54, 1.807) is 0 Å². The van der Waals surface area contributed by atoms with Crippen molar-refractivity contribution in [3.8, 4) is 0 Å². The molecule has 0 bridgehead atoms. The molecule has 0 aromatic rings. The number of carbonyl (C=O) groups is 2. The largest absolute Gasteiger partial charge is 0.299 e. The van der Waals surface area contributed by atoms with Crippen LogP contribution in [0.3, 0.4) is 0 Å². The summed E-state index contributed by atoms with van der Waals surface area (Å²) in [6.07, 6.45) is -0.898. The van der Waals surface area contributed by atoms with Crippen LogP contribution >= 0.6 is 0 Å².